The molecule has 2 amide bonds. The van der Waals surface area contributed by atoms with Crippen LogP contribution in [0, 0.1) is 17.2 Å². The minimum Gasteiger partial charge on any atom is -0.369 e. The minimum absolute atomic E-state index is 0.226. The molecular formula is C14H17N3O2S. The second kappa shape index (κ2) is 6.53. The van der Waals surface area contributed by atoms with Crippen molar-refractivity contribution in [2.24, 2.45) is 11.7 Å². The number of rotatable bonds is 3. The van der Waals surface area contributed by atoms with Crippen LogP contribution in [0.3, 0.4) is 0 Å². The summed E-state index contributed by atoms with van der Waals surface area (Å²) in [4.78, 5) is 24.2. The van der Waals surface area contributed by atoms with Crippen LogP contribution in [0.4, 0.5) is 0 Å². The minimum atomic E-state index is -0.358. The van der Waals surface area contributed by atoms with Crippen LogP contribution in [0.15, 0.2) is 11.4 Å². The van der Waals surface area contributed by atoms with Crippen LogP contribution in [0.25, 0.3) is 0 Å². The summed E-state index contributed by atoms with van der Waals surface area (Å²) in [5.74, 6) is -0.953. The monoisotopic (exact) mass is 291 g/mol. The number of hydrogen-bond acceptors (Lipinski definition) is 4. The van der Waals surface area contributed by atoms with Gasteiger partial charge in [-0.1, -0.05) is 19.3 Å². The van der Waals surface area contributed by atoms with Crippen molar-refractivity contribution in [3.8, 4) is 6.07 Å². The first-order valence-electron chi connectivity index (χ1n) is 6.71. The predicted octanol–water partition coefficient (Wildman–Crippen LogP) is 1.78. The molecule has 1 aromatic heterocycles. The normalized spacial score (nSPS) is 22.6. The maximum atomic E-state index is 12.2. The van der Waals surface area contributed by atoms with E-state index >= 15 is 0 Å². The third-order valence-electron chi connectivity index (χ3n) is 3.69. The van der Waals surface area contributed by atoms with Crippen LogP contribution in [0.5, 0.6) is 0 Å². The van der Waals surface area contributed by atoms with Crippen molar-refractivity contribution in [2.75, 3.05) is 0 Å². The lowest BCUT2D eigenvalue weighted by Gasteiger charge is -2.23. The zero-order chi connectivity index (χ0) is 14.5. The maximum absolute atomic E-state index is 12.2. The average Bonchev–Trinajstić information content (AvgIpc) is 2.78. The molecule has 3 N–H and O–H groups in total. The fraction of sp³-hybridized carbons (Fsp3) is 0.500. The Balaban J connectivity index is 2.12. The molecule has 1 aromatic rings. The standard InChI is InChI=1S/C14H17N3O2S/c15-8-9-6-7-20-12(9)14(19)17-11-5-3-1-2-4-10(11)13(16)18/h6-7,10-11H,1-5H2,(H2,16,18)(H,17,19)/t10-,11+/m1/s1. The van der Waals surface area contributed by atoms with Gasteiger partial charge in [-0.25, -0.2) is 0 Å². The Kier molecular flexibility index (Phi) is 4.74. The quantitative estimate of drug-likeness (QED) is 0.831. The molecule has 1 aliphatic rings. The first-order valence-corrected chi connectivity index (χ1v) is 7.59. The van der Waals surface area contributed by atoms with E-state index in [-0.39, 0.29) is 23.8 Å². The number of carbonyl (C=O) groups excluding carboxylic acids is 2. The van der Waals surface area contributed by atoms with Gasteiger partial charge in [0, 0.05) is 6.04 Å². The van der Waals surface area contributed by atoms with Crippen molar-refractivity contribution < 1.29 is 9.59 Å². The van der Waals surface area contributed by atoms with Gasteiger partial charge in [-0.2, -0.15) is 5.26 Å². The molecule has 106 valence electrons. The number of carbonyl (C=O) groups is 2. The van der Waals surface area contributed by atoms with Gasteiger partial charge in [0.2, 0.25) is 5.91 Å². The van der Waals surface area contributed by atoms with Crippen LogP contribution in [-0.4, -0.2) is 17.9 Å². The Hall–Kier alpha value is -1.87. The fourth-order valence-electron chi connectivity index (χ4n) is 2.63. The van der Waals surface area contributed by atoms with Crippen molar-refractivity contribution >= 4 is 23.2 Å². The van der Waals surface area contributed by atoms with Crippen LogP contribution in [-0.2, 0) is 4.79 Å². The van der Waals surface area contributed by atoms with Gasteiger partial charge in [0.1, 0.15) is 10.9 Å². The summed E-state index contributed by atoms with van der Waals surface area (Å²) in [5.41, 5.74) is 5.81. The number of nitriles is 1. The third-order valence-corrected chi connectivity index (χ3v) is 4.60. The van der Waals surface area contributed by atoms with E-state index in [1.165, 1.54) is 11.3 Å². The maximum Gasteiger partial charge on any atom is 0.262 e. The lowest BCUT2D eigenvalue weighted by molar-refractivity contribution is -0.122. The topological polar surface area (TPSA) is 96.0 Å². The van der Waals surface area contributed by atoms with Gasteiger partial charge in [-0.3, -0.25) is 9.59 Å². The van der Waals surface area contributed by atoms with Crippen molar-refractivity contribution in [1.82, 2.24) is 5.32 Å². The second-order valence-corrected chi connectivity index (χ2v) is 5.92. The van der Waals surface area contributed by atoms with Crippen molar-refractivity contribution in [2.45, 2.75) is 38.1 Å². The SMILES string of the molecule is N#Cc1ccsc1C(=O)N[C@H]1CCCCC[C@H]1C(N)=O. The van der Waals surface area contributed by atoms with Gasteiger partial charge in [-0.05, 0) is 24.3 Å². The highest BCUT2D eigenvalue weighted by Gasteiger charge is 2.30. The number of nitrogens with one attached hydrogen (secondary N) is 1. The number of amides is 2. The molecule has 0 bridgehead atoms. The molecule has 0 unspecified atom stereocenters. The van der Waals surface area contributed by atoms with E-state index in [9.17, 15) is 9.59 Å². The summed E-state index contributed by atoms with van der Waals surface area (Å²) < 4.78 is 0. The molecule has 2 atom stereocenters. The Morgan fingerprint density at radius 2 is 2.10 bits per heavy atom. The molecule has 1 aliphatic carbocycles. The molecule has 5 nitrogen and oxygen atoms in total. The molecule has 0 spiro atoms. The molecule has 1 heterocycles. The van der Waals surface area contributed by atoms with E-state index in [4.69, 9.17) is 11.0 Å². The van der Waals surface area contributed by atoms with Gasteiger partial charge in [0.05, 0.1) is 11.5 Å². The van der Waals surface area contributed by atoms with Crippen molar-refractivity contribution in [1.29, 1.82) is 5.26 Å². The van der Waals surface area contributed by atoms with Gasteiger partial charge in [-0.15, -0.1) is 11.3 Å². The second-order valence-electron chi connectivity index (χ2n) is 5.00. The first kappa shape index (κ1) is 14.5. The predicted molar refractivity (Wildman–Crippen MR) is 76.1 cm³/mol. The van der Waals surface area contributed by atoms with Crippen molar-refractivity contribution in [3.05, 3.63) is 21.9 Å². The highest BCUT2D eigenvalue weighted by atomic mass is 32.1. The van der Waals surface area contributed by atoms with Crippen LogP contribution in [0.2, 0.25) is 0 Å². The van der Waals surface area contributed by atoms with Gasteiger partial charge in [0.15, 0.2) is 0 Å². The Bertz CT molecular complexity index is 547. The zero-order valence-electron chi connectivity index (χ0n) is 11.1. The summed E-state index contributed by atoms with van der Waals surface area (Å²) in [6.07, 6.45) is 4.47. The number of nitrogens with zero attached hydrogens (tertiary/aromatic N) is 1. The summed E-state index contributed by atoms with van der Waals surface area (Å²) in [7, 11) is 0. The van der Waals surface area contributed by atoms with Gasteiger partial charge >= 0.3 is 0 Å². The smallest absolute Gasteiger partial charge is 0.262 e. The molecule has 20 heavy (non-hydrogen) atoms. The molecule has 1 fully saturated rings. The Morgan fingerprint density at radius 3 is 2.80 bits per heavy atom. The largest absolute Gasteiger partial charge is 0.369 e. The summed E-state index contributed by atoms with van der Waals surface area (Å²) in [6.45, 7) is 0. The van der Waals surface area contributed by atoms with E-state index in [0.717, 1.165) is 32.1 Å². The number of hydrogen-bond donors (Lipinski definition) is 2. The molecule has 0 saturated heterocycles. The van der Waals surface area contributed by atoms with Gasteiger partial charge in [0.25, 0.3) is 5.91 Å². The first-order chi connectivity index (χ1) is 9.63. The average molecular weight is 291 g/mol. The lowest BCUT2D eigenvalue weighted by atomic mass is 9.94. The van der Waals surface area contributed by atoms with Gasteiger partial charge < -0.3 is 11.1 Å². The summed E-state index contributed by atoms with van der Waals surface area (Å²) in [6, 6.07) is 3.40. The summed E-state index contributed by atoms with van der Waals surface area (Å²) >= 11 is 1.23. The fourth-order valence-corrected chi connectivity index (χ4v) is 3.37. The van der Waals surface area contributed by atoms with Crippen LogP contribution in [0.1, 0.15) is 47.3 Å². The lowest BCUT2D eigenvalue weighted by Crippen LogP contribution is -2.44. The molecule has 1 saturated carbocycles. The summed E-state index contributed by atoms with van der Waals surface area (Å²) in [5, 5.41) is 13.6. The highest BCUT2D eigenvalue weighted by molar-refractivity contribution is 7.12. The number of primary amides is 1. The highest BCUT2D eigenvalue weighted by Crippen LogP contribution is 2.24. The van der Waals surface area contributed by atoms with Crippen LogP contribution < -0.4 is 11.1 Å². The molecule has 0 aliphatic heterocycles. The van der Waals surface area contributed by atoms with E-state index in [1.54, 1.807) is 11.4 Å². The van der Waals surface area contributed by atoms with E-state index in [0.29, 0.717) is 10.4 Å². The molecule has 0 radical (unpaired) electrons. The molecule has 2 rings (SSSR count). The zero-order valence-corrected chi connectivity index (χ0v) is 11.9. The molecular weight excluding hydrogens is 274 g/mol. The van der Waals surface area contributed by atoms with E-state index in [2.05, 4.69) is 5.32 Å². The Morgan fingerprint density at radius 1 is 1.35 bits per heavy atom. The van der Waals surface area contributed by atoms with Crippen LogP contribution >= 0.6 is 11.3 Å². The van der Waals surface area contributed by atoms with E-state index < -0.39 is 0 Å². The Labute approximate surface area is 121 Å². The number of nitrogens with two attached hydrogens (primary N) is 1. The van der Waals surface area contributed by atoms with E-state index in [1.807, 2.05) is 6.07 Å². The molecule has 0 aromatic carbocycles. The number of thiophene rings is 1. The van der Waals surface area contributed by atoms with Crippen molar-refractivity contribution in [3.63, 3.8) is 0 Å². The molecule has 6 heteroatoms. The third kappa shape index (κ3) is 3.17.